The maximum absolute atomic E-state index is 12.4. The van der Waals surface area contributed by atoms with E-state index in [0.717, 1.165) is 22.6 Å². The van der Waals surface area contributed by atoms with Gasteiger partial charge in [0.15, 0.2) is 0 Å². The highest BCUT2D eigenvalue weighted by Crippen LogP contribution is 2.24. The molecule has 5 heteroatoms. The number of hydrogen-bond acceptors (Lipinski definition) is 3. The van der Waals surface area contributed by atoms with Gasteiger partial charge in [0.1, 0.15) is 5.75 Å². The number of hydrogen-bond donors (Lipinski definition) is 1. The third kappa shape index (κ3) is 3.65. The first-order chi connectivity index (χ1) is 12.0. The molecule has 1 heterocycles. The van der Waals surface area contributed by atoms with Crippen molar-refractivity contribution < 1.29 is 14.3 Å². The number of ether oxygens (including phenoxy) is 1. The van der Waals surface area contributed by atoms with Crippen LogP contribution >= 0.6 is 0 Å². The Hall–Kier alpha value is -2.82. The summed E-state index contributed by atoms with van der Waals surface area (Å²) >= 11 is 0. The van der Waals surface area contributed by atoms with E-state index < -0.39 is 0 Å². The van der Waals surface area contributed by atoms with Crippen LogP contribution in [0.3, 0.4) is 0 Å². The smallest absolute Gasteiger partial charge is 0.251 e. The van der Waals surface area contributed by atoms with Gasteiger partial charge < -0.3 is 15.0 Å². The minimum atomic E-state index is -0.191. The molecule has 1 atom stereocenters. The first kappa shape index (κ1) is 17.0. The number of benzene rings is 2. The molecule has 25 heavy (non-hydrogen) atoms. The van der Waals surface area contributed by atoms with Crippen LogP contribution in [0.1, 0.15) is 27.9 Å². The average molecular weight is 338 g/mol. The van der Waals surface area contributed by atoms with Gasteiger partial charge >= 0.3 is 0 Å². The van der Waals surface area contributed by atoms with Gasteiger partial charge in [0, 0.05) is 24.2 Å². The number of nitrogens with one attached hydrogen (secondary N) is 1. The van der Waals surface area contributed by atoms with E-state index in [1.807, 2.05) is 56.3 Å². The molecule has 0 spiro atoms. The summed E-state index contributed by atoms with van der Waals surface area (Å²) in [6, 6.07) is 12.8. The van der Waals surface area contributed by atoms with Crippen molar-refractivity contribution in [1.82, 2.24) is 5.32 Å². The van der Waals surface area contributed by atoms with Crippen LogP contribution in [-0.2, 0) is 4.79 Å². The van der Waals surface area contributed by atoms with Crippen LogP contribution in [0.4, 0.5) is 5.69 Å². The van der Waals surface area contributed by atoms with E-state index in [4.69, 9.17) is 4.74 Å². The Balaban J connectivity index is 1.67. The van der Waals surface area contributed by atoms with Gasteiger partial charge in [0.05, 0.1) is 13.2 Å². The molecular weight excluding hydrogens is 316 g/mol. The average Bonchev–Trinajstić information content (AvgIpc) is 2.97. The normalized spacial score (nSPS) is 16.8. The Bertz CT molecular complexity index is 799. The maximum atomic E-state index is 12.4. The third-order valence-corrected chi connectivity index (χ3v) is 4.61. The predicted octanol–water partition coefficient (Wildman–Crippen LogP) is 2.85. The first-order valence-electron chi connectivity index (χ1n) is 8.30. The van der Waals surface area contributed by atoms with Gasteiger partial charge in [0.25, 0.3) is 5.91 Å². The van der Waals surface area contributed by atoms with Crippen LogP contribution in [0, 0.1) is 13.8 Å². The Morgan fingerprint density at radius 1 is 1.12 bits per heavy atom. The summed E-state index contributed by atoms with van der Waals surface area (Å²) in [6.45, 7) is 4.47. The summed E-state index contributed by atoms with van der Waals surface area (Å²) in [7, 11) is 1.61. The number of nitrogens with zero attached hydrogens (tertiary/aromatic N) is 1. The van der Waals surface area contributed by atoms with Crippen molar-refractivity contribution in [3.63, 3.8) is 0 Å². The fourth-order valence-electron chi connectivity index (χ4n) is 2.97. The Labute approximate surface area is 147 Å². The van der Waals surface area contributed by atoms with E-state index in [1.165, 1.54) is 0 Å². The molecule has 2 aromatic carbocycles. The van der Waals surface area contributed by atoms with Crippen LogP contribution in [-0.4, -0.2) is 31.5 Å². The summed E-state index contributed by atoms with van der Waals surface area (Å²) in [6.07, 6.45) is 0.308. The van der Waals surface area contributed by atoms with E-state index in [0.29, 0.717) is 18.5 Å². The molecule has 130 valence electrons. The number of anilines is 1. The number of amides is 2. The fourth-order valence-corrected chi connectivity index (χ4v) is 2.97. The van der Waals surface area contributed by atoms with E-state index in [-0.39, 0.29) is 17.9 Å². The summed E-state index contributed by atoms with van der Waals surface area (Å²) in [5.41, 5.74) is 3.67. The number of aryl methyl sites for hydroxylation is 2. The van der Waals surface area contributed by atoms with Gasteiger partial charge in [-0.15, -0.1) is 0 Å². The lowest BCUT2D eigenvalue weighted by Gasteiger charge is -2.17. The monoisotopic (exact) mass is 338 g/mol. The van der Waals surface area contributed by atoms with Crippen molar-refractivity contribution in [1.29, 1.82) is 0 Å². The lowest BCUT2D eigenvalue weighted by Crippen LogP contribution is -2.37. The van der Waals surface area contributed by atoms with Gasteiger partial charge in [-0.2, -0.15) is 0 Å². The van der Waals surface area contributed by atoms with E-state index in [1.54, 1.807) is 12.0 Å². The second kappa shape index (κ2) is 6.97. The highest BCUT2D eigenvalue weighted by Gasteiger charge is 2.31. The predicted molar refractivity (Wildman–Crippen MR) is 97.1 cm³/mol. The standard InChI is InChI=1S/C20H22N2O3/c1-13-4-5-15(10-14(13)2)20(24)21-16-11-19(23)22(12-16)17-6-8-18(25-3)9-7-17/h4-10,16H,11-12H2,1-3H3,(H,21,24)/t16-/m0/s1. The molecule has 1 N–H and O–H groups in total. The Morgan fingerprint density at radius 3 is 2.48 bits per heavy atom. The molecule has 1 saturated heterocycles. The zero-order valence-electron chi connectivity index (χ0n) is 14.7. The topological polar surface area (TPSA) is 58.6 Å². The zero-order valence-corrected chi connectivity index (χ0v) is 14.7. The fraction of sp³-hybridized carbons (Fsp3) is 0.300. The first-order valence-corrected chi connectivity index (χ1v) is 8.30. The molecule has 1 aliphatic rings. The molecule has 1 fully saturated rings. The van der Waals surface area contributed by atoms with Gasteiger partial charge in [-0.1, -0.05) is 6.07 Å². The van der Waals surface area contributed by atoms with Crippen LogP contribution in [0.25, 0.3) is 0 Å². The third-order valence-electron chi connectivity index (χ3n) is 4.61. The van der Waals surface area contributed by atoms with Crippen molar-refractivity contribution in [2.24, 2.45) is 0 Å². The number of rotatable bonds is 4. The van der Waals surface area contributed by atoms with Crippen LogP contribution in [0.2, 0.25) is 0 Å². The molecule has 0 aromatic heterocycles. The molecule has 0 unspecified atom stereocenters. The van der Waals surface area contributed by atoms with Gasteiger partial charge in [-0.25, -0.2) is 0 Å². The van der Waals surface area contributed by atoms with Crippen molar-refractivity contribution in [2.45, 2.75) is 26.3 Å². The molecule has 5 nitrogen and oxygen atoms in total. The molecule has 0 radical (unpaired) electrons. The molecule has 0 aliphatic carbocycles. The number of methoxy groups -OCH3 is 1. The summed E-state index contributed by atoms with van der Waals surface area (Å²) in [5, 5.41) is 2.97. The molecular formula is C20H22N2O3. The van der Waals surface area contributed by atoms with Gasteiger partial charge in [-0.3, -0.25) is 9.59 Å². The molecule has 3 rings (SSSR count). The van der Waals surface area contributed by atoms with Crippen LogP contribution < -0.4 is 15.0 Å². The number of carbonyl (C=O) groups excluding carboxylic acids is 2. The highest BCUT2D eigenvalue weighted by atomic mass is 16.5. The molecule has 0 saturated carbocycles. The van der Waals surface area contributed by atoms with Crippen molar-refractivity contribution in [2.75, 3.05) is 18.6 Å². The van der Waals surface area contributed by atoms with Crippen molar-refractivity contribution in [3.05, 3.63) is 59.2 Å². The van der Waals surface area contributed by atoms with Gasteiger partial charge in [0.2, 0.25) is 5.91 Å². The lowest BCUT2D eigenvalue weighted by atomic mass is 10.1. The summed E-state index contributed by atoms with van der Waals surface area (Å²) < 4.78 is 5.14. The molecule has 1 aliphatic heterocycles. The van der Waals surface area contributed by atoms with Crippen LogP contribution in [0.15, 0.2) is 42.5 Å². The zero-order chi connectivity index (χ0) is 18.0. The quantitative estimate of drug-likeness (QED) is 0.932. The Morgan fingerprint density at radius 2 is 1.84 bits per heavy atom. The summed E-state index contributed by atoms with van der Waals surface area (Å²) in [4.78, 5) is 26.4. The van der Waals surface area contributed by atoms with Crippen molar-refractivity contribution >= 4 is 17.5 Å². The minimum absolute atomic E-state index is 0.00977. The van der Waals surface area contributed by atoms with Crippen molar-refractivity contribution in [3.8, 4) is 5.75 Å². The summed E-state index contributed by atoms with van der Waals surface area (Å²) in [5.74, 6) is 0.614. The number of carbonyl (C=O) groups is 2. The maximum Gasteiger partial charge on any atom is 0.251 e. The second-order valence-electron chi connectivity index (χ2n) is 6.38. The Kier molecular flexibility index (Phi) is 4.74. The SMILES string of the molecule is COc1ccc(N2C[C@@H](NC(=O)c3ccc(C)c(C)c3)CC2=O)cc1. The molecule has 2 aromatic rings. The van der Waals surface area contributed by atoms with E-state index >= 15 is 0 Å². The van der Waals surface area contributed by atoms with E-state index in [2.05, 4.69) is 5.32 Å². The highest BCUT2D eigenvalue weighted by molar-refractivity contribution is 5.99. The van der Waals surface area contributed by atoms with Gasteiger partial charge in [-0.05, 0) is 61.4 Å². The van der Waals surface area contributed by atoms with Crippen LogP contribution in [0.5, 0.6) is 5.75 Å². The molecule has 0 bridgehead atoms. The second-order valence-corrected chi connectivity index (χ2v) is 6.38. The minimum Gasteiger partial charge on any atom is -0.497 e. The van der Waals surface area contributed by atoms with E-state index in [9.17, 15) is 9.59 Å². The lowest BCUT2D eigenvalue weighted by molar-refractivity contribution is -0.117. The largest absolute Gasteiger partial charge is 0.497 e. The molecule has 2 amide bonds.